The molecule has 5 heteroatoms. The number of ether oxygens (including phenoxy) is 1. The maximum atomic E-state index is 12.3. The Morgan fingerprint density at radius 2 is 2.48 bits per heavy atom. The number of aliphatic hydroxyl groups is 1. The van der Waals surface area contributed by atoms with Crippen LogP contribution in [0.25, 0.3) is 0 Å². The molecule has 114 valence electrons. The average Bonchev–Trinajstić information content (AvgIpc) is 2.95. The van der Waals surface area contributed by atoms with Gasteiger partial charge in [-0.1, -0.05) is 11.8 Å². The second-order valence-corrected chi connectivity index (χ2v) is 6.11. The van der Waals surface area contributed by atoms with Crippen molar-refractivity contribution in [3.8, 4) is 11.8 Å². The number of hydrogen-bond donors (Lipinski definition) is 1. The van der Waals surface area contributed by atoms with E-state index in [-0.39, 0.29) is 18.4 Å². The summed E-state index contributed by atoms with van der Waals surface area (Å²) in [6, 6.07) is 2.01. The first kappa shape index (κ1) is 16.0. The SMILES string of the molecule is CN(Cc1csc(C#CCCO)c1)C(=O)C1CCCOC1. The normalized spacial score (nSPS) is 17.9. The number of rotatable bonds is 4. The van der Waals surface area contributed by atoms with Gasteiger partial charge in [0.15, 0.2) is 0 Å². The zero-order valence-corrected chi connectivity index (χ0v) is 13.1. The summed E-state index contributed by atoms with van der Waals surface area (Å²) in [5.74, 6) is 6.09. The molecule has 0 aliphatic carbocycles. The molecule has 0 aromatic carbocycles. The first-order valence-corrected chi connectivity index (χ1v) is 8.08. The highest BCUT2D eigenvalue weighted by atomic mass is 32.1. The molecule has 0 radical (unpaired) electrons. The minimum absolute atomic E-state index is 0.00574. The Hall–Kier alpha value is -1.35. The Kier molecular flexibility index (Phi) is 6.24. The molecule has 1 aliphatic heterocycles. The molecule has 1 N–H and O–H groups in total. The molecule has 1 aromatic heterocycles. The van der Waals surface area contributed by atoms with Gasteiger partial charge in [0.25, 0.3) is 0 Å². The van der Waals surface area contributed by atoms with Crippen LogP contribution in [0.1, 0.15) is 29.7 Å². The highest BCUT2D eigenvalue weighted by molar-refractivity contribution is 7.10. The topological polar surface area (TPSA) is 49.8 Å². The lowest BCUT2D eigenvalue weighted by molar-refractivity contribution is -0.138. The molecule has 1 aromatic rings. The maximum Gasteiger partial charge on any atom is 0.228 e. The monoisotopic (exact) mass is 307 g/mol. The lowest BCUT2D eigenvalue weighted by Crippen LogP contribution is -2.36. The van der Waals surface area contributed by atoms with Crippen LogP contribution in [0.4, 0.5) is 0 Å². The molecule has 2 heterocycles. The summed E-state index contributed by atoms with van der Waals surface area (Å²) in [7, 11) is 1.84. The molecule has 4 nitrogen and oxygen atoms in total. The number of hydrogen-bond acceptors (Lipinski definition) is 4. The van der Waals surface area contributed by atoms with Crippen molar-refractivity contribution in [2.45, 2.75) is 25.8 Å². The van der Waals surface area contributed by atoms with Crippen LogP contribution < -0.4 is 0 Å². The molecular formula is C16H21NO3S. The van der Waals surface area contributed by atoms with Gasteiger partial charge in [0.1, 0.15) is 0 Å². The van der Waals surface area contributed by atoms with Crippen LogP contribution in [-0.4, -0.2) is 42.8 Å². The van der Waals surface area contributed by atoms with Crippen LogP contribution in [0.2, 0.25) is 0 Å². The average molecular weight is 307 g/mol. The van der Waals surface area contributed by atoms with Gasteiger partial charge in [-0.25, -0.2) is 0 Å². The first-order chi connectivity index (χ1) is 10.2. The van der Waals surface area contributed by atoms with E-state index in [1.165, 1.54) is 0 Å². The molecule has 1 unspecified atom stereocenters. The van der Waals surface area contributed by atoms with Crippen molar-refractivity contribution in [1.82, 2.24) is 4.90 Å². The van der Waals surface area contributed by atoms with E-state index < -0.39 is 0 Å². The first-order valence-electron chi connectivity index (χ1n) is 7.20. The van der Waals surface area contributed by atoms with Crippen molar-refractivity contribution in [1.29, 1.82) is 0 Å². The third kappa shape index (κ3) is 4.85. The van der Waals surface area contributed by atoms with Gasteiger partial charge >= 0.3 is 0 Å². The smallest absolute Gasteiger partial charge is 0.228 e. The van der Waals surface area contributed by atoms with Gasteiger partial charge in [0, 0.05) is 26.6 Å². The summed E-state index contributed by atoms with van der Waals surface area (Å²) in [4.78, 5) is 15.1. The Morgan fingerprint density at radius 3 is 3.19 bits per heavy atom. The molecule has 1 saturated heterocycles. The Bertz CT molecular complexity index is 523. The van der Waals surface area contributed by atoms with Crippen LogP contribution in [-0.2, 0) is 16.1 Å². The predicted molar refractivity (Wildman–Crippen MR) is 82.9 cm³/mol. The molecule has 0 saturated carbocycles. The van der Waals surface area contributed by atoms with E-state index in [2.05, 4.69) is 11.8 Å². The number of aliphatic hydroxyl groups excluding tert-OH is 1. The third-order valence-electron chi connectivity index (χ3n) is 3.41. The van der Waals surface area contributed by atoms with Crippen molar-refractivity contribution >= 4 is 17.2 Å². The molecule has 1 fully saturated rings. The van der Waals surface area contributed by atoms with E-state index in [0.29, 0.717) is 19.6 Å². The van der Waals surface area contributed by atoms with Crippen LogP contribution in [0, 0.1) is 17.8 Å². The molecular weight excluding hydrogens is 286 g/mol. The van der Waals surface area contributed by atoms with Gasteiger partial charge < -0.3 is 14.7 Å². The minimum Gasteiger partial charge on any atom is -0.395 e. The predicted octanol–water partition coefficient (Wildman–Crippen LogP) is 1.87. The van der Waals surface area contributed by atoms with Crippen molar-refractivity contribution < 1.29 is 14.6 Å². The quantitative estimate of drug-likeness (QED) is 0.864. The van der Waals surface area contributed by atoms with Crippen molar-refractivity contribution in [3.05, 3.63) is 21.9 Å². The van der Waals surface area contributed by atoms with Gasteiger partial charge in [0.2, 0.25) is 5.91 Å². The number of amides is 1. The molecule has 2 rings (SSSR count). The fourth-order valence-electron chi connectivity index (χ4n) is 2.33. The summed E-state index contributed by atoms with van der Waals surface area (Å²) >= 11 is 1.57. The molecule has 0 spiro atoms. The Labute approximate surface area is 129 Å². The number of carbonyl (C=O) groups excluding carboxylic acids is 1. The Morgan fingerprint density at radius 1 is 1.62 bits per heavy atom. The zero-order chi connectivity index (χ0) is 15.1. The second-order valence-electron chi connectivity index (χ2n) is 5.20. The van der Waals surface area contributed by atoms with Crippen LogP contribution >= 0.6 is 11.3 Å². The van der Waals surface area contributed by atoms with Gasteiger partial charge in [-0.3, -0.25) is 4.79 Å². The van der Waals surface area contributed by atoms with Gasteiger partial charge in [-0.05, 0) is 29.9 Å². The number of thiophene rings is 1. The highest BCUT2D eigenvalue weighted by Crippen LogP contribution is 2.19. The largest absolute Gasteiger partial charge is 0.395 e. The molecule has 1 aliphatic rings. The lowest BCUT2D eigenvalue weighted by Gasteiger charge is -2.26. The van der Waals surface area contributed by atoms with Crippen LogP contribution in [0.3, 0.4) is 0 Å². The molecule has 1 amide bonds. The van der Waals surface area contributed by atoms with Crippen LogP contribution in [0.15, 0.2) is 11.4 Å². The van der Waals surface area contributed by atoms with Gasteiger partial charge in [-0.15, -0.1) is 11.3 Å². The second kappa shape index (κ2) is 8.18. The van der Waals surface area contributed by atoms with E-state index in [1.54, 1.807) is 16.2 Å². The van der Waals surface area contributed by atoms with E-state index in [0.717, 1.165) is 29.9 Å². The van der Waals surface area contributed by atoms with Gasteiger partial charge in [-0.2, -0.15) is 0 Å². The fourth-order valence-corrected chi connectivity index (χ4v) is 3.10. The minimum atomic E-state index is 0.00574. The van der Waals surface area contributed by atoms with Crippen molar-refractivity contribution in [2.24, 2.45) is 5.92 Å². The third-order valence-corrected chi connectivity index (χ3v) is 4.30. The Balaban J connectivity index is 1.88. The standard InChI is InChI=1S/C16H21NO3S/c1-17(16(19)14-5-4-8-20-11-14)10-13-9-15(21-12-13)6-2-3-7-18/h9,12,14,18H,3-5,7-8,10-11H2,1H3. The van der Waals surface area contributed by atoms with Crippen molar-refractivity contribution in [3.63, 3.8) is 0 Å². The maximum absolute atomic E-state index is 12.3. The van der Waals surface area contributed by atoms with E-state index in [9.17, 15) is 4.79 Å². The highest BCUT2D eigenvalue weighted by Gasteiger charge is 2.24. The number of carbonyl (C=O) groups is 1. The van der Waals surface area contributed by atoms with Gasteiger partial charge in [0.05, 0.1) is 24.0 Å². The van der Waals surface area contributed by atoms with E-state index >= 15 is 0 Å². The zero-order valence-electron chi connectivity index (χ0n) is 12.3. The summed E-state index contributed by atoms with van der Waals surface area (Å²) in [6.07, 6.45) is 2.38. The fraction of sp³-hybridized carbons (Fsp3) is 0.562. The van der Waals surface area contributed by atoms with E-state index in [4.69, 9.17) is 9.84 Å². The van der Waals surface area contributed by atoms with Crippen molar-refractivity contribution in [2.75, 3.05) is 26.9 Å². The molecule has 0 bridgehead atoms. The number of nitrogens with zero attached hydrogens (tertiary/aromatic N) is 1. The van der Waals surface area contributed by atoms with Crippen LogP contribution in [0.5, 0.6) is 0 Å². The molecule has 1 atom stereocenters. The lowest BCUT2D eigenvalue weighted by atomic mass is 10.0. The summed E-state index contributed by atoms with van der Waals surface area (Å²) < 4.78 is 5.38. The summed E-state index contributed by atoms with van der Waals surface area (Å²) in [5, 5.41) is 10.7. The molecule has 21 heavy (non-hydrogen) atoms. The van der Waals surface area contributed by atoms with E-state index in [1.807, 2.05) is 18.5 Å². The summed E-state index contributed by atoms with van der Waals surface area (Å²) in [6.45, 7) is 2.01. The summed E-state index contributed by atoms with van der Waals surface area (Å²) in [5.41, 5.74) is 1.10.